The Morgan fingerprint density at radius 3 is 2.59 bits per heavy atom. The maximum Gasteiger partial charge on any atom is 0.224 e. The molecule has 1 aliphatic carbocycles. The number of nitrogens with two attached hydrogens (primary N) is 1. The third-order valence-corrected chi connectivity index (χ3v) is 4.75. The molecule has 0 aromatic heterocycles. The minimum atomic E-state index is -0.00584. The van der Waals surface area contributed by atoms with E-state index in [1.54, 1.807) is 0 Å². The second-order valence-corrected chi connectivity index (χ2v) is 6.82. The molecule has 1 saturated heterocycles. The van der Waals surface area contributed by atoms with Gasteiger partial charge in [-0.3, -0.25) is 9.59 Å². The van der Waals surface area contributed by atoms with Crippen molar-refractivity contribution in [2.45, 2.75) is 57.8 Å². The van der Waals surface area contributed by atoms with Crippen LogP contribution in [-0.4, -0.2) is 42.9 Å². The Morgan fingerprint density at radius 2 is 1.86 bits per heavy atom. The van der Waals surface area contributed by atoms with E-state index in [0.717, 1.165) is 58.2 Å². The number of nitrogens with zero attached hydrogens (tertiary/aromatic N) is 1. The molecule has 0 radical (unpaired) electrons. The minimum absolute atomic E-state index is 0.00584. The SMILES string of the molecule is NCCCCCCC(=O)N1CCCC(C(=O)NCC2CC2)C1. The van der Waals surface area contributed by atoms with Crippen LogP contribution in [0, 0.1) is 11.8 Å². The third kappa shape index (κ3) is 5.95. The molecular formula is C17H31N3O2. The fraction of sp³-hybridized carbons (Fsp3) is 0.882. The van der Waals surface area contributed by atoms with Crippen LogP contribution in [0.5, 0.6) is 0 Å². The molecule has 1 saturated carbocycles. The first-order valence-electron chi connectivity index (χ1n) is 8.96. The van der Waals surface area contributed by atoms with Gasteiger partial charge in [0.15, 0.2) is 0 Å². The number of likely N-dealkylation sites (tertiary alicyclic amines) is 1. The lowest BCUT2D eigenvalue weighted by molar-refractivity contribution is -0.135. The fourth-order valence-electron chi connectivity index (χ4n) is 3.06. The van der Waals surface area contributed by atoms with Gasteiger partial charge in [0.1, 0.15) is 0 Å². The summed E-state index contributed by atoms with van der Waals surface area (Å²) in [4.78, 5) is 26.3. The van der Waals surface area contributed by atoms with E-state index < -0.39 is 0 Å². The van der Waals surface area contributed by atoms with E-state index >= 15 is 0 Å². The summed E-state index contributed by atoms with van der Waals surface area (Å²) in [6, 6.07) is 0. The molecule has 3 N–H and O–H groups in total. The fourth-order valence-corrected chi connectivity index (χ4v) is 3.06. The molecule has 2 aliphatic rings. The predicted molar refractivity (Wildman–Crippen MR) is 87.2 cm³/mol. The highest BCUT2D eigenvalue weighted by atomic mass is 16.2. The number of piperidine rings is 1. The Kier molecular flexibility index (Phi) is 7.16. The van der Waals surface area contributed by atoms with Crippen LogP contribution in [-0.2, 0) is 9.59 Å². The van der Waals surface area contributed by atoms with Crippen molar-refractivity contribution in [2.24, 2.45) is 17.6 Å². The smallest absolute Gasteiger partial charge is 0.224 e. The van der Waals surface area contributed by atoms with E-state index in [1.807, 2.05) is 4.90 Å². The highest BCUT2D eigenvalue weighted by molar-refractivity contribution is 5.81. The zero-order valence-electron chi connectivity index (χ0n) is 13.7. The van der Waals surface area contributed by atoms with Gasteiger partial charge in [-0.15, -0.1) is 0 Å². The molecule has 0 bridgehead atoms. The summed E-state index contributed by atoms with van der Waals surface area (Å²) in [6.07, 6.45) is 9.13. The number of nitrogens with one attached hydrogen (secondary N) is 1. The molecule has 1 unspecified atom stereocenters. The van der Waals surface area contributed by atoms with Gasteiger partial charge >= 0.3 is 0 Å². The van der Waals surface area contributed by atoms with Crippen LogP contribution in [0.1, 0.15) is 57.8 Å². The normalized spacial score (nSPS) is 21.7. The Bertz CT molecular complexity index is 369. The molecule has 2 rings (SSSR count). The van der Waals surface area contributed by atoms with E-state index in [9.17, 15) is 9.59 Å². The van der Waals surface area contributed by atoms with Crippen molar-refractivity contribution >= 4 is 11.8 Å². The highest BCUT2D eigenvalue weighted by Crippen LogP contribution is 2.28. The van der Waals surface area contributed by atoms with Gasteiger partial charge in [0, 0.05) is 26.1 Å². The molecule has 0 aromatic rings. The Labute approximate surface area is 134 Å². The number of hydrogen-bond donors (Lipinski definition) is 2. The third-order valence-electron chi connectivity index (χ3n) is 4.75. The summed E-state index contributed by atoms with van der Waals surface area (Å²) in [7, 11) is 0. The topological polar surface area (TPSA) is 75.4 Å². The van der Waals surface area contributed by atoms with Crippen molar-refractivity contribution in [2.75, 3.05) is 26.2 Å². The number of carbonyl (C=O) groups is 2. The summed E-state index contributed by atoms with van der Waals surface area (Å²) < 4.78 is 0. The van der Waals surface area contributed by atoms with E-state index in [4.69, 9.17) is 5.73 Å². The van der Waals surface area contributed by atoms with Gasteiger partial charge in [-0.25, -0.2) is 0 Å². The van der Waals surface area contributed by atoms with Crippen LogP contribution in [0.2, 0.25) is 0 Å². The standard InChI is InChI=1S/C17H31N3O2/c18-10-4-2-1-3-7-16(21)20-11-5-6-15(13-20)17(22)19-12-14-8-9-14/h14-15H,1-13,18H2,(H,19,22). The van der Waals surface area contributed by atoms with Crippen LogP contribution < -0.4 is 11.1 Å². The molecule has 126 valence electrons. The Morgan fingerprint density at radius 1 is 1.09 bits per heavy atom. The van der Waals surface area contributed by atoms with Gasteiger partial charge in [-0.05, 0) is 51.0 Å². The molecule has 0 spiro atoms. The van der Waals surface area contributed by atoms with Crippen molar-refractivity contribution in [3.8, 4) is 0 Å². The predicted octanol–water partition coefficient (Wildman–Crippen LogP) is 1.66. The number of amides is 2. The Balaban J connectivity index is 1.65. The van der Waals surface area contributed by atoms with Crippen molar-refractivity contribution in [1.29, 1.82) is 0 Å². The van der Waals surface area contributed by atoms with E-state index in [0.29, 0.717) is 18.9 Å². The summed E-state index contributed by atoms with van der Waals surface area (Å²) >= 11 is 0. The summed E-state index contributed by atoms with van der Waals surface area (Å²) in [5.74, 6) is 1.06. The minimum Gasteiger partial charge on any atom is -0.356 e. The van der Waals surface area contributed by atoms with Crippen LogP contribution in [0.4, 0.5) is 0 Å². The van der Waals surface area contributed by atoms with Gasteiger partial charge < -0.3 is 16.0 Å². The van der Waals surface area contributed by atoms with Gasteiger partial charge in [0.25, 0.3) is 0 Å². The number of hydrogen-bond acceptors (Lipinski definition) is 3. The molecule has 2 fully saturated rings. The van der Waals surface area contributed by atoms with Crippen LogP contribution >= 0.6 is 0 Å². The lowest BCUT2D eigenvalue weighted by atomic mass is 9.96. The van der Waals surface area contributed by atoms with Gasteiger partial charge in [-0.2, -0.15) is 0 Å². The maximum atomic E-state index is 12.2. The second kappa shape index (κ2) is 9.13. The summed E-state index contributed by atoms with van der Waals surface area (Å²) in [5.41, 5.74) is 5.47. The van der Waals surface area contributed by atoms with Crippen LogP contribution in [0.3, 0.4) is 0 Å². The first-order chi connectivity index (χ1) is 10.7. The molecule has 1 atom stereocenters. The van der Waals surface area contributed by atoms with Gasteiger partial charge in [-0.1, -0.05) is 12.8 Å². The molecule has 0 aromatic carbocycles. The Hall–Kier alpha value is -1.10. The monoisotopic (exact) mass is 309 g/mol. The first-order valence-corrected chi connectivity index (χ1v) is 8.96. The van der Waals surface area contributed by atoms with Gasteiger partial charge in [0.2, 0.25) is 11.8 Å². The largest absolute Gasteiger partial charge is 0.356 e. The number of carbonyl (C=O) groups excluding carboxylic acids is 2. The van der Waals surface area contributed by atoms with Gasteiger partial charge in [0.05, 0.1) is 5.92 Å². The van der Waals surface area contributed by atoms with Crippen molar-refractivity contribution < 1.29 is 9.59 Å². The summed E-state index contributed by atoms with van der Waals surface area (Å²) in [6.45, 7) is 2.98. The van der Waals surface area contributed by atoms with E-state index in [-0.39, 0.29) is 17.7 Å². The zero-order valence-corrected chi connectivity index (χ0v) is 13.7. The quantitative estimate of drug-likeness (QED) is 0.636. The molecule has 5 nitrogen and oxygen atoms in total. The zero-order chi connectivity index (χ0) is 15.8. The molecule has 2 amide bonds. The summed E-state index contributed by atoms with van der Waals surface area (Å²) in [5, 5.41) is 3.05. The molecular weight excluding hydrogens is 278 g/mol. The first kappa shape index (κ1) is 17.3. The van der Waals surface area contributed by atoms with E-state index in [1.165, 1.54) is 12.8 Å². The van der Waals surface area contributed by atoms with Crippen LogP contribution in [0.25, 0.3) is 0 Å². The molecule has 1 heterocycles. The average molecular weight is 309 g/mol. The lowest BCUT2D eigenvalue weighted by Gasteiger charge is -2.32. The second-order valence-electron chi connectivity index (χ2n) is 6.82. The maximum absolute atomic E-state index is 12.2. The molecule has 5 heteroatoms. The molecule has 1 aliphatic heterocycles. The highest BCUT2D eigenvalue weighted by Gasteiger charge is 2.29. The van der Waals surface area contributed by atoms with Crippen molar-refractivity contribution in [3.63, 3.8) is 0 Å². The van der Waals surface area contributed by atoms with E-state index in [2.05, 4.69) is 5.32 Å². The average Bonchev–Trinajstić information content (AvgIpc) is 3.36. The lowest BCUT2D eigenvalue weighted by Crippen LogP contribution is -2.45. The van der Waals surface area contributed by atoms with Crippen LogP contribution in [0.15, 0.2) is 0 Å². The number of unbranched alkanes of at least 4 members (excludes halogenated alkanes) is 3. The number of rotatable bonds is 9. The van der Waals surface area contributed by atoms with Crippen molar-refractivity contribution in [1.82, 2.24) is 10.2 Å². The molecule has 22 heavy (non-hydrogen) atoms. The van der Waals surface area contributed by atoms with Crippen molar-refractivity contribution in [3.05, 3.63) is 0 Å².